The van der Waals surface area contributed by atoms with Crippen molar-refractivity contribution in [2.24, 2.45) is 5.41 Å². The molecule has 1 N–H and O–H groups in total. The Kier molecular flexibility index (Phi) is 5.21. The maximum atomic E-state index is 12.8. The lowest BCUT2D eigenvalue weighted by atomic mass is 9.71. The number of aliphatic hydroxyl groups excluding tert-OH is 1. The number of thiophene rings is 1. The number of aromatic nitrogens is 1. The fraction of sp³-hybridized carbons (Fsp3) is 0.476. The third-order valence-corrected chi connectivity index (χ3v) is 6.87. The molecule has 2 fully saturated rings. The van der Waals surface area contributed by atoms with Gasteiger partial charge in [0.1, 0.15) is 0 Å². The van der Waals surface area contributed by atoms with E-state index >= 15 is 0 Å². The Hall–Kier alpha value is -2.25. The lowest BCUT2D eigenvalue weighted by Crippen LogP contribution is -2.55. The highest BCUT2D eigenvalue weighted by Crippen LogP contribution is 2.40. The zero-order valence-corrected chi connectivity index (χ0v) is 16.8. The van der Waals surface area contributed by atoms with Crippen LogP contribution < -0.4 is 0 Å². The van der Waals surface area contributed by atoms with Gasteiger partial charge in [-0.15, -0.1) is 11.3 Å². The molecule has 7 heteroatoms. The van der Waals surface area contributed by atoms with Gasteiger partial charge in [0.05, 0.1) is 16.5 Å². The van der Waals surface area contributed by atoms with E-state index in [1.54, 1.807) is 29.4 Å². The number of amides is 2. The number of carbonyl (C=O) groups is 2. The molecule has 2 aromatic rings. The lowest BCUT2D eigenvalue weighted by Gasteiger charge is -2.49. The monoisotopic (exact) mass is 399 g/mol. The zero-order chi connectivity index (χ0) is 19.7. The van der Waals surface area contributed by atoms with Crippen LogP contribution in [-0.2, 0) is 0 Å². The number of aryl methyl sites for hydroxylation is 1. The van der Waals surface area contributed by atoms with Crippen LogP contribution in [0.3, 0.4) is 0 Å². The fourth-order valence-electron chi connectivity index (χ4n) is 4.43. The van der Waals surface area contributed by atoms with Crippen molar-refractivity contribution in [3.05, 3.63) is 52.0 Å². The highest BCUT2D eigenvalue weighted by atomic mass is 32.1. The van der Waals surface area contributed by atoms with Crippen molar-refractivity contribution in [2.45, 2.75) is 32.3 Å². The number of carbonyl (C=O) groups excluding carboxylic acids is 2. The van der Waals surface area contributed by atoms with Crippen LogP contribution in [-0.4, -0.2) is 64.0 Å². The van der Waals surface area contributed by atoms with E-state index in [9.17, 15) is 14.7 Å². The lowest BCUT2D eigenvalue weighted by molar-refractivity contribution is -0.0298. The van der Waals surface area contributed by atoms with Gasteiger partial charge in [-0.2, -0.15) is 0 Å². The highest BCUT2D eigenvalue weighted by Gasteiger charge is 2.43. The van der Waals surface area contributed by atoms with Gasteiger partial charge in [0, 0.05) is 43.4 Å². The van der Waals surface area contributed by atoms with Gasteiger partial charge in [0.2, 0.25) is 0 Å². The summed E-state index contributed by atoms with van der Waals surface area (Å²) in [5.74, 6) is 0.00592. The van der Waals surface area contributed by atoms with Crippen LogP contribution in [0.15, 0.2) is 36.7 Å². The molecule has 1 unspecified atom stereocenters. The number of piperidine rings is 2. The molecule has 4 rings (SSSR count). The van der Waals surface area contributed by atoms with E-state index < -0.39 is 6.10 Å². The summed E-state index contributed by atoms with van der Waals surface area (Å²) in [6.45, 7) is 4.31. The summed E-state index contributed by atoms with van der Waals surface area (Å²) in [5.41, 5.74) is 0.421. The van der Waals surface area contributed by atoms with Crippen molar-refractivity contribution >= 4 is 23.2 Å². The summed E-state index contributed by atoms with van der Waals surface area (Å²) in [7, 11) is 0. The molecule has 2 aromatic heterocycles. The minimum atomic E-state index is -0.531. The van der Waals surface area contributed by atoms with Gasteiger partial charge in [0.25, 0.3) is 11.8 Å². The zero-order valence-electron chi connectivity index (χ0n) is 16.0. The molecule has 2 aliphatic heterocycles. The Balaban J connectivity index is 1.44. The van der Waals surface area contributed by atoms with E-state index in [1.165, 1.54) is 11.3 Å². The van der Waals surface area contributed by atoms with Crippen molar-refractivity contribution < 1.29 is 14.7 Å². The average Bonchev–Trinajstić information content (AvgIpc) is 3.14. The molecule has 4 heterocycles. The van der Waals surface area contributed by atoms with Crippen molar-refractivity contribution in [1.82, 2.24) is 14.8 Å². The Morgan fingerprint density at radius 2 is 1.96 bits per heavy atom. The number of hydrogen-bond donors (Lipinski definition) is 1. The molecule has 28 heavy (non-hydrogen) atoms. The molecular weight excluding hydrogens is 374 g/mol. The van der Waals surface area contributed by atoms with E-state index in [0.29, 0.717) is 38.2 Å². The minimum absolute atomic E-state index is 0.0845. The normalized spacial score (nSPS) is 21.7. The first kappa shape index (κ1) is 19.1. The van der Waals surface area contributed by atoms with Crippen molar-refractivity contribution in [3.8, 4) is 0 Å². The summed E-state index contributed by atoms with van der Waals surface area (Å²) in [6.07, 6.45) is 4.97. The standard InChI is InChI=1S/C21H25N3O3S/c1-15-4-5-18(28-15)20(27)23-9-6-21(7-10-23)11-17(25)13-24(14-21)19(26)16-3-2-8-22-12-16/h2-5,8,12,17,25H,6-7,9-11,13-14H2,1H3. The van der Waals surface area contributed by atoms with Crippen molar-refractivity contribution in [2.75, 3.05) is 26.2 Å². The Bertz CT molecular complexity index is 859. The Labute approximate surface area is 168 Å². The molecule has 2 amide bonds. The number of nitrogens with zero attached hydrogens (tertiary/aromatic N) is 3. The van der Waals surface area contributed by atoms with Crippen LogP contribution in [0.1, 0.15) is 44.2 Å². The van der Waals surface area contributed by atoms with Gasteiger partial charge >= 0.3 is 0 Å². The van der Waals surface area contributed by atoms with Gasteiger partial charge in [-0.3, -0.25) is 14.6 Å². The van der Waals surface area contributed by atoms with Crippen LogP contribution in [0.2, 0.25) is 0 Å². The summed E-state index contributed by atoms with van der Waals surface area (Å²) >= 11 is 1.53. The summed E-state index contributed by atoms with van der Waals surface area (Å²) in [5, 5.41) is 10.5. The van der Waals surface area contributed by atoms with Crippen LogP contribution in [0.4, 0.5) is 0 Å². The third-order valence-electron chi connectivity index (χ3n) is 5.88. The van der Waals surface area contributed by atoms with Gasteiger partial charge < -0.3 is 14.9 Å². The molecule has 1 atom stereocenters. The Morgan fingerprint density at radius 1 is 1.18 bits per heavy atom. The third kappa shape index (κ3) is 3.82. The van der Waals surface area contributed by atoms with Gasteiger partial charge in [-0.1, -0.05) is 0 Å². The first-order valence-corrected chi connectivity index (χ1v) is 10.5. The molecule has 0 aliphatic carbocycles. The molecular formula is C21H25N3O3S. The predicted octanol–water partition coefficient (Wildman–Crippen LogP) is 2.58. The topological polar surface area (TPSA) is 73.7 Å². The number of aliphatic hydroxyl groups is 1. The quantitative estimate of drug-likeness (QED) is 0.842. The van der Waals surface area contributed by atoms with Crippen LogP contribution in [0.25, 0.3) is 0 Å². The predicted molar refractivity (Wildman–Crippen MR) is 107 cm³/mol. The number of β-amino-alcohol motifs (C(OH)–C–C–N with tert-alkyl or cyclic N) is 1. The molecule has 0 aromatic carbocycles. The summed E-state index contributed by atoms with van der Waals surface area (Å²) < 4.78 is 0. The van der Waals surface area contributed by atoms with E-state index in [1.807, 2.05) is 24.0 Å². The largest absolute Gasteiger partial charge is 0.391 e. The van der Waals surface area contributed by atoms with E-state index in [2.05, 4.69) is 4.98 Å². The van der Waals surface area contributed by atoms with Crippen LogP contribution >= 0.6 is 11.3 Å². The summed E-state index contributed by atoms with van der Waals surface area (Å²) in [6, 6.07) is 7.38. The molecule has 6 nitrogen and oxygen atoms in total. The Morgan fingerprint density at radius 3 is 2.61 bits per heavy atom. The summed E-state index contributed by atoms with van der Waals surface area (Å²) in [4.78, 5) is 35.2. The van der Waals surface area contributed by atoms with E-state index in [-0.39, 0.29) is 17.2 Å². The van der Waals surface area contributed by atoms with Crippen molar-refractivity contribution in [3.63, 3.8) is 0 Å². The first-order valence-electron chi connectivity index (χ1n) is 9.69. The number of likely N-dealkylation sites (tertiary alicyclic amines) is 2. The minimum Gasteiger partial charge on any atom is -0.391 e. The van der Waals surface area contributed by atoms with Crippen LogP contribution in [0, 0.1) is 12.3 Å². The molecule has 0 saturated carbocycles. The molecule has 2 saturated heterocycles. The van der Waals surface area contributed by atoms with E-state index in [0.717, 1.165) is 22.6 Å². The van der Waals surface area contributed by atoms with Gasteiger partial charge in [-0.25, -0.2) is 0 Å². The second-order valence-electron chi connectivity index (χ2n) is 7.99. The number of hydrogen-bond acceptors (Lipinski definition) is 5. The van der Waals surface area contributed by atoms with Crippen molar-refractivity contribution in [1.29, 1.82) is 0 Å². The fourth-order valence-corrected chi connectivity index (χ4v) is 5.27. The van der Waals surface area contributed by atoms with Crippen LogP contribution in [0.5, 0.6) is 0 Å². The first-order chi connectivity index (χ1) is 13.5. The van der Waals surface area contributed by atoms with Gasteiger partial charge in [0.15, 0.2) is 0 Å². The number of pyridine rings is 1. The average molecular weight is 400 g/mol. The molecule has 0 radical (unpaired) electrons. The maximum absolute atomic E-state index is 12.8. The second-order valence-corrected chi connectivity index (χ2v) is 9.28. The molecule has 2 aliphatic rings. The second kappa shape index (κ2) is 7.64. The SMILES string of the molecule is Cc1ccc(C(=O)N2CCC3(CC2)CC(O)CN(C(=O)c2cccnc2)C3)s1. The number of rotatable bonds is 2. The highest BCUT2D eigenvalue weighted by molar-refractivity contribution is 7.13. The molecule has 0 bridgehead atoms. The van der Waals surface area contributed by atoms with Gasteiger partial charge in [-0.05, 0) is 55.9 Å². The maximum Gasteiger partial charge on any atom is 0.263 e. The van der Waals surface area contributed by atoms with E-state index in [4.69, 9.17) is 0 Å². The molecule has 1 spiro atoms. The molecule has 148 valence electrons. The smallest absolute Gasteiger partial charge is 0.263 e.